The maximum Gasteiger partial charge on any atom is 0.266 e. The van der Waals surface area contributed by atoms with Crippen molar-refractivity contribution < 1.29 is 14.0 Å². The minimum Gasteiger partial charge on any atom is -0.319 e. The number of nitrogens with one attached hydrogen (secondary N) is 3. The van der Waals surface area contributed by atoms with Crippen LogP contribution in [0.2, 0.25) is 0 Å². The summed E-state index contributed by atoms with van der Waals surface area (Å²) in [5.74, 6) is -0.857. The highest BCUT2D eigenvalue weighted by molar-refractivity contribution is 7.18. The number of halogens is 2. The molecule has 3 N–H and O–H groups in total. The van der Waals surface area contributed by atoms with Gasteiger partial charge in [-0.15, -0.1) is 23.7 Å². The smallest absolute Gasteiger partial charge is 0.266 e. The van der Waals surface area contributed by atoms with E-state index >= 15 is 0 Å². The Morgan fingerprint density at radius 2 is 1.93 bits per heavy atom. The van der Waals surface area contributed by atoms with Crippen LogP contribution in [0.25, 0.3) is 0 Å². The Hall–Kier alpha value is -1.96. The van der Waals surface area contributed by atoms with Crippen LogP contribution < -0.4 is 16.0 Å². The van der Waals surface area contributed by atoms with Gasteiger partial charge >= 0.3 is 0 Å². The summed E-state index contributed by atoms with van der Waals surface area (Å²) in [4.78, 5) is 25.3. The summed E-state index contributed by atoms with van der Waals surface area (Å²) in [5.41, 5.74) is 1.99. The van der Waals surface area contributed by atoms with Crippen molar-refractivity contribution >= 4 is 46.2 Å². The third-order valence-corrected chi connectivity index (χ3v) is 5.65. The Kier molecular flexibility index (Phi) is 6.85. The topological polar surface area (TPSA) is 70.2 Å². The van der Waals surface area contributed by atoms with Gasteiger partial charge in [0.15, 0.2) is 0 Å². The van der Waals surface area contributed by atoms with E-state index < -0.39 is 5.41 Å². The number of carbonyl (C=O) groups is 2. The van der Waals surface area contributed by atoms with Crippen LogP contribution in [-0.2, 0) is 17.8 Å². The van der Waals surface area contributed by atoms with Crippen molar-refractivity contribution in [2.24, 2.45) is 5.41 Å². The van der Waals surface area contributed by atoms with Crippen molar-refractivity contribution in [3.05, 3.63) is 45.6 Å². The molecule has 28 heavy (non-hydrogen) atoms. The van der Waals surface area contributed by atoms with Crippen LogP contribution in [-0.4, -0.2) is 18.4 Å². The molecule has 0 saturated carbocycles. The highest BCUT2D eigenvalue weighted by Gasteiger charge is 2.24. The molecule has 2 aromatic rings. The second kappa shape index (κ2) is 8.59. The summed E-state index contributed by atoms with van der Waals surface area (Å²) in [5, 5.41) is 9.32. The number of benzene rings is 1. The van der Waals surface area contributed by atoms with E-state index in [9.17, 15) is 14.0 Å². The third-order valence-electron chi connectivity index (χ3n) is 4.50. The number of carbonyl (C=O) groups excluding carboxylic acids is 2. The summed E-state index contributed by atoms with van der Waals surface area (Å²) < 4.78 is 14.7. The minimum absolute atomic E-state index is 0. The molecule has 1 aromatic carbocycles. The van der Waals surface area contributed by atoms with Crippen molar-refractivity contribution in [3.8, 4) is 0 Å². The van der Waals surface area contributed by atoms with E-state index in [0.717, 1.165) is 17.7 Å². The van der Waals surface area contributed by atoms with Crippen LogP contribution in [0.3, 0.4) is 0 Å². The van der Waals surface area contributed by atoms with Crippen LogP contribution in [0, 0.1) is 18.2 Å². The van der Waals surface area contributed by atoms with Crippen LogP contribution in [0.5, 0.6) is 0 Å². The first-order valence-corrected chi connectivity index (χ1v) is 9.72. The zero-order chi connectivity index (χ0) is 19.8. The highest BCUT2D eigenvalue weighted by atomic mass is 35.5. The zero-order valence-electron chi connectivity index (χ0n) is 16.4. The Morgan fingerprint density at radius 1 is 1.21 bits per heavy atom. The number of aryl methyl sites for hydroxylation is 1. The van der Waals surface area contributed by atoms with Gasteiger partial charge in [-0.05, 0) is 48.7 Å². The molecule has 5 nitrogen and oxygen atoms in total. The van der Waals surface area contributed by atoms with Crippen molar-refractivity contribution in [2.75, 3.05) is 17.2 Å². The lowest BCUT2D eigenvalue weighted by Crippen LogP contribution is -2.27. The lowest BCUT2D eigenvalue weighted by molar-refractivity contribution is -0.123. The average molecular weight is 426 g/mol. The van der Waals surface area contributed by atoms with Crippen LogP contribution in [0.15, 0.2) is 18.2 Å². The second-order valence-corrected chi connectivity index (χ2v) is 8.82. The Labute approximate surface area is 174 Å². The maximum atomic E-state index is 14.7. The van der Waals surface area contributed by atoms with E-state index in [1.54, 1.807) is 19.1 Å². The number of rotatable bonds is 3. The Bertz CT molecular complexity index is 906. The zero-order valence-corrected chi connectivity index (χ0v) is 18.0. The fraction of sp³-hybridized carbons (Fsp3) is 0.400. The molecular weight excluding hydrogens is 401 g/mol. The average Bonchev–Trinajstić information content (AvgIpc) is 2.97. The number of hydrogen-bond acceptors (Lipinski definition) is 4. The lowest BCUT2D eigenvalue weighted by Gasteiger charge is -2.19. The van der Waals surface area contributed by atoms with E-state index in [2.05, 4.69) is 16.0 Å². The van der Waals surface area contributed by atoms with Crippen LogP contribution in [0.4, 0.5) is 15.1 Å². The SMILES string of the molecule is Cc1cc(NC(=O)C(C)(C)C)sc1C(=O)Nc1ccc2c(c1F)CCNC2.Cl. The fourth-order valence-corrected chi connectivity index (χ4v) is 3.84. The largest absolute Gasteiger partial charge is 0.319 e. The van der Waals surface area contributed by atoms with Crippen molar-refractivity contribution in [3.63, 3.8) is 0 Å². The first-order valence-electron chi connectivity index (χ1n) is 8.91. The number of hydrogen-bond donors (Lipinski definition) is 3. The monoisotopic (exact) mass is 425 g/mol. The third kappa shape index (κ3) is 4.71. The Balaban J connectivity index is 0.00000280. The van der Waals surface area contributed by atoms with Crippen LogP contribution >= 0.6 is 23.7 Å². The highest BCUT2D eigenvalue weighted by Crippen LogP contribution is 2.30. The molecule has 0 unspecified atom stereocenters. The van der Waals surface area contributed by atoms with Gasteiger partial charge in [-0.3, -0.25) is 9.59 Å². The molecule has 1 aromatic heterocycles. The standard InChI is InChI=1S/C20H24FN3O2S.ClH/c1-11-9-15(24-19(26)20(2,3)4)27-17(11)18(25)23-14-6-5-12-10-22-8-7-13(12)16(14)21;/h5-6,9,22H,7-8,10H2,1-4H3,(H,23,25)(H,24,26);1H. The Morgan fingerprint density at radius 3 is 2.61 bits per heavy atom. The fourth-order valence-electron chi connectivity index (χ4n) is 2.88. The van der Waals surface area contributed by atoms with E-state index in [1.165, 1.54) is 11.3 Å². The van der Waals surface area contributed by atoms with Gasteiger partial charge in [0, 0.05) is 12.0 Å². The number of amides is 2. The maximum absolute atomic E-state index is 14.7. The molecule has 0 aliphatic carbocycles. The predicted molar refractivity (Wildman–Crippen MR) is 114 cm³/mol. The number of thiophene rings is 1. The number of fused-ring (bicyclic) bond motifs is 1. The molecule has 2 amide bonds. The minimum atomic E-state index is -0.526. The molecule has 2 heterocycles. The molecule has 3 rings (SSSR count). The summed E-state index contributed by atoms with van der Waals surface area (Å²) in [6.07, 6.45) is 0.603. The van der Waals surface area contributed by atoms with Gasteiger partial charge in [-0.1, -0.05) is 26.8 Å². The number of anilines is 2. The molecule has 8 heteroatoms. The van der Waals surface area contributed by atoms with Gasteiger partial charge in [-0.25, -0.2) is 4.39 Å². The molecule has 0 saturated heterocycles. The normalized spacial score (nSPS) is 13.3. The first-order chi connectivity index (χ1) is 12.7. The molecule has 0 atom stereocenters. The summed E-state index contributed by atoms with van der Waals surface area (Å²) in [6.45, 7) is 8.64. The predicted octanol–water partition coefficient (Wildman–Crippen LogP) is 4.50. The molecule has 1 aliphatic heterocycles. The van der Waals surface area contributed by atoms with E-state index in [0.29, 0.717) is 28.4 Å². The molecule has 152 valence electrons. The van der Waals surface area contributed by atoms with Gasteiger partial charge in [0.05, 0.1) is 15.6 Å². The van der Waals surface area contributed by atoms with Gasteiger partial charge in [0.1, 0.15) is 5.82 Å². The van der Waals surface area contributed by atoms with E-state index in [4.69, 9.17) is 0 Å². The van der Waals surface area contributed by atoms with Crippen molar-refractivity contribution in [1.82, 2.24) is 5.32 Å². The van der Waals surface area contributed by atoms with Gasteiger partial charge in [0.25, 0.3) is 5.91 Å². The van der Waals surface area contributed by atoms with E-state index in [1.807, 2.05) is 26.8 Å². The molecule has 1 aliphatic rings. The van der Waals surface area contributed by atoms with E-state index in [-0.39, 0.29) is 35.7 Å². The summed E-state index contributed by atoms with van der Waals surface area (Å²) >= 11 is 1.19. The second-order valence-electron chi connectivity index (χ2n) is 7.77. The summed E-state index contributed by atoms with van der Waals surface area (Å²) in [7, 11) is 0. The van der Waals surface area contributed by atoms with Gasteiger partial charge in [0.2, 0.25) is 5.91 Å². The quantitative estimate of drug-likeness (QED) is 0.678. The molecule has 0 spiro atoms. The van der Waals surface area contributed by atoms with Crippen LogP contribution in [0.1, 0.15) is 47.1 Å². The van der Waals surface area contributed by atoms with Gasteiger partial charge in [-0.2, -0.15) is 0 Å². The van der Waals surface area contributed by atoms with Gasteiger partial charge < -0.3 is 16.0 Å². The first kappa shape index (κ1) is 22.3. The molecular formula is C20H25ClFN3O2S. The molecule has 0 radical (unpaired) electrons. The molecule has 0 fully saturated rings. The van der Waals surface area contributed by atoms with Crippen molar-refractivity contribution in [1.29, 1.82) is 0 Å². The lowest BCUT2D eigenvalue weighted by atomic mass is 9.96. The molecule has 0 bridgehead atoms. The summed E-state index contributed by atoms with van der Waals surface area (Å²) in [6, 6.07) is 5.21. The van der Waals surface area contributed by atoms with Crippen molar-refractivity contribution in [2.45, 2.75) is 40.7 Å².